The molecule has 0 aliphatic rings. The lowest BCUT2D eigenvalue weighted by Crippen LogP contribution is -2.28. The standard InChI is InChI=1S/C18H13ClFIN2O2/c19-13-8-15(21)18(17-12(13)5-3-7-22-17)25-10-16(24)23-9-11-4-1-2-6-14(11)20/h1-8H,9-10H2,(H,23,24). The second-order valence-corrected chi connectivity index (χ2v) is 6.80. The minimum atomic E-state index is -0.355. The highest BCUT2D eigenvalue weighted by molar-refractivity contribution is 14.1. The van der Waals surface area contributed by atoms with Gasteiger partial charge in [0.15, 0.2) is 12.4 Å². The minimum Gasteiger partial charge on any atom is -0.480 e. The largest absolute Gasteiger partial charge is 0.480 e. The number of aromatic nitrogens is 1. The Balaban J connectivity index is 1.68. The first-order chi connectivity index (χ1) is 12.1. The zero-order valence-electron chi connectivity index (χ0n) is 12.9. The van der Waals surface area contributed by atoms with Crippen LogP contribution in [0.5, 0.6) is 5.75 Å². The third kappa shape index (κ3) is 4.19. The van der Waals surface area contributed by atoms with Gasteiger partial charge in [0.05, 0.1) is 8.59 Å². The molecular formula is C18H13ClFIN2O2. The van der Waals surface area contributed by atoms with Crippen molar-refractivity contribution in [1.82, 2.24) is 10.3 Å². The van der Waals surface area contributed by atoms with E-state index in [0.29, 0.717) is 21.9 Å². The van der Waals surface area contributed by atoms with Crippen molar-refractivity contribution < 1.29 is 13.9 Å². The van der Waals surface area contributed by atoms with Gasteiger partial charge < -0.3 is 10.1 Å². The van der Waals surface area contributed by atoms with Gasteiger partial charge in [0.25, 0.3) is 5.91 Å². The highest BCUT2D eigenvalue weighted by Gasteiger charge is 2.14. The molecule has 25 heavy (non-hydrogen) atoms. The Morgan fingerprint density at radius 2 is 2.08 bits per heavy atom. The van der Waals surface area contributed by atoms with E-state index in [0.717, 1.165) is 8.96 Å². The van der Waals surface area contributed by atoms with Gasteiger partial charge in [0.1, 0.15) is 11.3 Å². The molecular weight excluding hydrogens is 458 g/mol. The number of halogens is 3. The number of pyridine rings is 1. The summed E-state index contributed by atoms with van der Waals surface area (Å²) in [7, 11) is 0. The lowest BCUT2D eigenvalue weighted by molar-refractivity contribution is -0.123. The zero-order chi connectivity index (χ0) is 17.8. The van der Waals surface area contributed by atoms with Crippen LogP contribution in [0.3, 0.4) is 0 Å². The molecule has 0 unspecified atom stereocenters. The molecule has 1 amide bonds. The second kappa shape index (κ2) is 7.97. The van der Waals surface area contributed by atoms with Crippen molar-refractivity contribution in [3.05, 3.63) is 68.6 Å². The second-order valence-electron chi connectivity index (χ2n) is 5.23. The summed E-state index contributed by atoms with van der Waals surface area (Å²) in [6.45, 7) is -0.0939. The first kappa shape index (κ1) is 17.9. The lowest BCUT2D eigenvalue weighted by atomic mass is 10.2. The maximum Gasteiger partial charge on any atom is 0.258 e. The number of rotatable bonds is 5. The monoisotopic (exact) mass is 470 g/mol. The molecule has 0 spiro atoms. The molecule has 0 saturated carbocycles. The minimum absolute atomic E-state index is 0.103. The van der Waals surface area contributed by atoms with Crippen LogP contribution in [0, 0.1) is 9.39 Å². The van der Waals surface area contributed by atoms with Crippen LogP contribution < -0.4 is 10.1 Å². The van der Waals surface area contributed by atoms with Crippen LogP contribution >= 0.6 is 34.2 Å². The summed E-state index contributed by atoms with van der Waals surface area (Å²) in [5.41, 5.74) is 1.02. The van der Waals surface area contributed by atoms with E-state index in [9.17, 15) is 9.18 Å². The fourth-order valence-corrected chi connectivity index (χ4v) is 3.48. The van der Waals surface area contributed by atoms with Crippen molar-refractivity contribution in [2.24, 2.45) is 0 Å². The number of ether oxygens (including phenoxy) is 1. The van der Waals surface area contributed by atoms with E-state index in [2.05, 4.69) is 32.9 Å². The predicted molar refractivity (Wildman–Crippen MR) is 103 cm³/mol. The molecule has 1 heterocycles. The van der Waals surface area contributed by atoms with Gasteiger partial charge in [-0.1, -0.05) is 29.8 Å². The summed E-state index contributed by atoms with van der Waals surface area (Å²) in [6.07, 6.45) is 1.64. The van der Waals surface area contributed by atoms with E-state index in [4.69, 9.17) is 16.3 Å². The third-order valence-corrected chi connectivity index (χ3v) is 4.65. The van der Waals surface area contributed by atoms with Crippen LogP contribution in [-0.4, -0.2) is 17.5 Å². The number of hydrogen-bond donors (Lipinski definition) is 1. The number of nitrogens with one attached hydrogen (secondary N) is 1. The van der Waals surface area contributed by atoms with Crippen LogP contribution in [0.15, 0.2) is 48.7 Å². The first-order valence-corrected chi connectivity index (χ1v) is 8.87. The number of carbonyl (C=O) groups excluding carboxylic acids is 1. The van der Waals surface area contributed by atoms with E-state index in [1.165, 1.54) is 6.07 Å². The maximum atomic E-state index is 13.6. The number of nitrogens with zero attached hydrogens (tertiary/aromatic N) is 1. The average Bonchev–Trinajstić information content (AvgIpc) is 2.61. The molecule has 4 nitrogen and oxygen atoms in total. The highest BCUT2D eigenvalue weighted by Crippen LogP contribution is 2.34. The Hall–Kier alpha value is -1.93. The van der Waals surface area contributed by atoms with Gasteiger partial charge >= 0.3 is 0 Å². The van der Waals surface area contributed by atoms with Crippen molar-refractivity contribution in [1.29, 1.82) is 0 Å². The molecule has 2 aromatic carbocycles. The molecule has 0 saturated heterocycles. The fraction of sp³-hybridized carbons (Fsp3) is 0.111. The molecule has 0 fully saturated rings. The molecule has 1 aromatic heterocycles. The van der Waals surface area contributed by atoms with Crippen LogP contribution in [0.1, 0.15) is 5.56 Å². The quantitative estimate of drug-likeness (QED) is 0.565. The summed E-state index contributed by atoms with van der Waals surface area (Å²) >= 11 is 8.30. The summed E-state index contributed by atoms with van der Waals surface area (Å²) < 4.78 is 20.0. The topological polar surface area (TPSA) is 51.2 Å². The van der Waals surface area contributed by atoms with Crippen LogP contribution in [-0.2, 0) is 11.3 Å². The van der Waals surface area contributed by atoms with Gasteiger partial charge in [-0.3, -0.25) is 9.78 Å². The molecule has 0 radical (unpaired) electrons. The maximum absolute atomic E-state index is 13.6. The van der Waals surface area contributed by atoms with Crippen molar-refractivity contribution in [3.8, 4) is 5.75 Å². The van der Waals surface area contributed by atoms with Gasteiger partial charge in [-0.05, 0) is 46.9 Å². The molecule has 0 atom stereocenters. The summed E-state index contributed by atoms with van der Waals surface area (Å²) in [5, 5.41) is 3.96. The fourth-order valence-electron chi connectivity index (χ4n) is 2.31. The summed E-state index contributed by atoms with van der Waals surface area (Å²) in [5.74, 6) is -0.203. The number of hydrogen-bond acceptors (Lipinski definition) is 3. The Morgan fingerprint density at radius 1 is 1.28 bits per heavy atom. The predicted octanol–water partition coefficient (Wildman–Crippen LogP) is 4.33. The van der Waals surface area contributed by atoms with E-state index >= 15 is 0 Å². The number of benzene rings is 2. The number of carbonyl (C=O) groups is 1. The van der Waals surface area contributed by atoms with E-state index in [1.807, 2.05) is 6.07 Å². The van der Waals surface area contributed by atoms with Crippen molar-refractivity contribution >= 4 is 51.0 Å². The van der Waals surface area contributed by atoms with E-state index < -0.39 is 0 Å². The highest BCUT2D eigenvalue weighted by atomic mass is 127. The smallest absolute Gasteiger partial charge is 0.258 e. The Morgan fingerprint density at radius 3 is 2.88 bits per heavy atom. The molecule has 0 aliphatic carbocycles. The first-order valence-electron chi connectivity index (χ1n) is 7.42. The van der Waals surface area contributed by atoms with Crippen molar-refractivity contribution in [2.45, 2.75) is 6.54 Å². The molecule has 0 aliphatic heterocycles. The van der Waals surface area contributed by atoms with Gasteiger partial charge in [0, 0.05) is 23.7 Å². The molecule has 0 bridgehead atoms. The SMILES string of the molecule is O=C(COc1c(I)cc(Cl)c2cccnc12)NCc1ccccc1F. The van der Waals surface area contributed by atoms with Crippen LogP contribution in [0.4, 0.5) is 4.39 Å². The van der Waals surface area contributed by atoms with Gasteiger partial charge in [-0.25, -0.2) is 4.39 Å². The Labute approximate surface area is 162 Å². The Bertz CT molecular complexity index is 936. The number of amides is 1. The summed E-state index contributed by atoms with van der Waals surface area (Å²) in [6, 6.07) is 11.7. The van der Waals surface area contributed by atoms with E-state index in [1.54, 1.807) is 36.5 Å². The third-order valence-electron chi connectivity index (χ3n) is 3.53. The zero-order valence-corrected chi connectivity index (χ0v) is 15.8. The van der Waals surface area contributed by atoms with Crippen LogP contribution in [0.2, 0.25) is 5.02 Å². The molecule has 7 heteroatoms. The molecule has 128 valence electrons. The molecule has 1 N–H and O–H groups in total. The van der Waals surface area contributed by atoms with E-state index in [-0.39, 0.29) is 24.9 Å². The number of fused-ring (bicyclic) bond motifs is 1. The van der Waals surface area contributed by atoms with Crippen LogP contribution in [0.25, 0.3) is 10.9 Å². The summed E-state index contributed by atoms with van der Waals surface area (Å²) in [4.78, 5) is 16.3. The normalized spacial score (nSPS) is 10.7. The van der Waals surface area contributed by atoms with Gasteiger partial charge in [-0.15, -0.1) is 0 Å². The lowest BCUT2D eigenvalue weighted by Gasteiger charge is -2.12. The Kier molecular flexibility index (Phi) is 5.70. The van der Waals surface area contributed by atoms with Crippen molar-refractivity contribution in [3.63, 3.8) is 0 Å². The van der Waals surface area contributed by atoms with Gasteiger partial charge in [-0.2, -0.15) is 0 Å². The van der Waals surface area contributed by atoms with Crippen molar-refractivity contribution in [2.75, 3.05) is 6.61 Å². The average molecular weight is 471 g/mol. The van der Waals surface area contributed by atoms with Gasteiger partial charge in [0.2, 0.25) is 0 Å². The molecule has 3 aromatic rings. The molecule has 3 rings (SSSR count).